The van der Waals surface area contributed by atoms with Gasteiger partial charge in [0.15, 0.2) is 17.2 Å². The molecule has 9 nitrogen and oxygen atoms in total. The highest BCUT2D eigenvalue weighted by Gasteiger charge is 2.21. The third-order valence-corrected chi connectivity index (χ3v) is 5.80. The van der Waals surface area contributed by atoms with Gasteiger partial charge in [0.05, 0.1) is 17.4 Å². The van der Waals surface area contributed by atoms with E-state index < -0.39 is 0 Å². The first-order valence-corrected chi connectivity index (χ1v) is 11.1. The highest BCUT2D eigenvalue weighted by atomic mass is 16.3. The number of anilines is 2. The molecule has 4 aromatic rings. The number of pyridine rings is 1. The number of benzene rings is 1. The van der Waals surface area contributed by atoms with Crippen molar-refractivity contribution >= 4 is 34.0 Å². The third-order valence-electron chi connectivity index (χ3n) is 5.80. The number of carbonyl (C=O) groups excluding carboxylic acids is 1. The normalized spacial score (nSPS) is 12.9. The number of nitrogens with zero attached hydrogens (tertiary/aromatic N) is 4. The monoisotopic (exact) mass is 455 g/mol. The van der Waals surface area contributed by atoms with Gasteiger partial charge in [0.25, 0.3) is 5.91 Å². The summed E-state index contributed by atoms with van der Waals surface area (Å²) in [6.07, 6.45) is 8.01. The summed E-state index contributed by atoms with van der Waals surface area (Å²) in [6.45, 7) is 1.29. The number of hydrogen-bond acceptors (Lipinski definition) is 8. The van der Waals surface area contributed by atoms with Crippen molar-refractivity contribution in [2.45, 2.75) is 12.8 Å². The average Bonchev–Trinajstić information content (AvgIpc) is 3.39. The fourth-order valence-electron chi connectivity index (χ4n) is 4.00. The number of carbonyl (C=O) groups is 1. The first-order valence-electron chi connectivity index (χ1n) is 11.1. The first kappa shape index (κ1) is 21.7. The van der Waals surface area contributed by atoms with E-state index in [-0.39, 0.29) is 5.91 Å². The van der Waals surface area contributed by atoms with E-state index in [4.69, 9.17) is 9.83 Å². The Morgan fingerprint density at radius 1 is 1.15 bits per heavy atom. The van der Waals surface area contributed by atoms with E-state index >= 15 is 0 Å². The summed E-state index contributed by atoms with van der Waals surface area (Å²) >= 11 is 0. The van der Waals surface area contributed by atoms with Crippen LogP contribution in [-0.2, 0) is 6.42 Å². The lowest BCUT2D eigenvalue weighted by Gasteiger charge is -2.10. The second-order valence-electron chi connectivity index (χ2n) is 8.51. The van der Waals surface area contributed by atoms with Crippen molar-refractivity contribution in [3.63, 3.8) is 0 Å². The molecular formula is C25H25N7O2. The maximum atomic E-state index is 12.4. The van der Waals surface area contributed by atoms with Crippen LogP contribution in [0, 0.1) is 5.41 Å². The topological polar surface area (TPSA) is 120 Å². The van der Waals surface area contributed by atoms with Crippen LogP contribution in [0.15, 0.2) is 53.5 Å². The number of amides is 1. The summed E-state index contributed by atoms with van der Waals surface area (Å²) in [5.74, 6) is 0.617. The average molecular weight is 456 g/mol. The molecule has 34 heavy (non-hydrogen) atoms. The largest absolute Gasteiger partial charge is 0.449 e. The maximum Gasteiger partial charge on any atom is 0.254 e. The molecule has 0 spiro atoms. The van der Waals surface area contributed by atoms with Gasteiger partial charge in [-0.15, -0.1) is 0 Å². The standard InChI is InChI=1S/C25H25N7O2/c1-32(2)10-9-28-25(33)16-12-29-24(30-13-16)23-22(19-7-8-27-14-21(19)34-23)31-17-4-5-18-15(11-17)3-6-20(18)26/h4-5,7-8,11-14,26,31H,3,6,9-10H2,1-2H3,(H,28,33). The maximum absolute atomic E-state index is 12.4. The number of rotatable bonds is 7. The smallest absolute Gasteiger partial charge is 0.254 e. The van der Waals surface area contributed by atoms with Crippen LogP contribution in [0.3, 0.4) is 0 Å². The molecule has 0 saturated heterocycles. The number of aromatic nitrogens is 3. The minimum absolute atomic E-state index is 0.218. The molecule has 1 aromatic carbocycles. The van der Waals surface area contributed by atoms with Crippen LogP contribution in [0.1, 0.15) is 27.9 Å². The van der Waals surface area contributed by atoms with Crippen LogP contribution < -0.4 is 10.6 Å². The van der Waals surface area contributed by atoms with Gasteiger partial charge in [0.2, 0.25) is 0 Å². The molecule has 0 atom stereocenters. The van der Waals surface area contributed by atoms with Gasteiger partial charge in [-0.05, 0) is 56.3 Å². The molecule has 172 valence electrons. The van der Waals surface area contributed by atoms with Gasteiger partial charge < -0.3 is 25.4 Å². The van der Waals surface area contributed by atoms with E-state index in [1.807, 2.05) is 37.2 Å². The molecule has 0 unspecified atom stereocenters. The predicted octanol–water partition coefficient (Wildman–Crippen LogP) is 3.63. The van der Waals surface area contributed by atoms with E-state index in [1.54, 1.807) is 12.4 Å². The van der Waals surface area contributed by atoms with Crippen molar-refractivity contribution in [1.82, 2.24) is 25.2 Å². The Labute approximate surface area is 196 Å². The molecule has 1 aliphatic carbocycles. The Bertz CT molecular complexity index is 1380. The molecule has 3 heterocycles. The van der Waals surface area contributed by atoms with E-state index in [0.717, 1.165) is 47.3 Å². The molecule has 0 saturated carbocycles. The van der Waals surface area contributed by atoms with Crippen LogP contribution >= 0.6 is 0 Å². The molecule has 9 heteroatoms. The molecule has 0 bridgehead atoms. The first-order chi connectivity index (χ1) is 16.5. The van der Waals surface area contributed by atoms with Crippen molar-refractivity contribution in [2.75, 3.05) is 32.5 Å². The summed E-state index contributed by atoms with van der Waals surface area (Å²) in [4.78, 5) is 27.4. The highest BCUT2D eigenvalue weighted by molar-refractivity contribution is 6.03. The molecule has 5 rings (SSSR count). The Balaban J connectivity index is 1.44. The molecule has 0 radical (unpaired) electrons. The third kappa shape index (κ3) is 4.25. The van der Waals surface area contributed by atoms with E-state index in [0.29, 0.717) is 35.0 Å². The zero-order valence-electron chi connectivity index (χ0n) is 19.1. The van der Waals surface area contributed by atoms with Gasteiger partial charge >= 0.3 is 0 Å². The van der Waals surface area contributed by atoms with Crippen LogP contribution in [-0.4, -0.2) is 58.7 Å². The van der Waals surface area contributed by atoms with Crippen LogP contribution in [0.2, 0.25) is 0 Å². The van der Waals surface area contributed by atoms with Gasteiger partial charge in [-0.2, -0.15) is 0 Å². The summed E-state index contributed by atoms with van der Waals surface area (Å²) in [5, 5.41) is 15.2. The molecule has 0 aliphatic heterocycles. The minimum Gasteiger partial charge on any atom is -0.449 e. The fourth-order valence-corrected chi connectivity index (χ4v) is 4.00. The van der Waals surface area contributed by atoms with E-state index in [9.17, 15) is 4.79 Å². The summed E-state index contributed by atoms with van der Waals surface area (Å²) in [5.41, 5.74) is 5.47. The van der Waals surface area contributed by atoms with Crippen molar-refractivity contribution in [1.29, 1.82) is 5.41 Å². The number of aryl methyl sites for hydroxylation is 1. The molecule has 1 aliphatic rings. The number of nitrogens with one attached hydrogen (secondary N) is 3. The zero-order valence-corrected chi connectivity index (χ0v) is 19.1. The van der Waals surface area contributed by atoms with Crippen molar-refractivity contribution in [3.05, 3.63) is 65.7 Å². The minimum atomic E-state index is -0.218. The molecule has 1 amide bonds. The number of furan rings is 1. The summed E-state index contributed by atoms with van der Waals surface area (Å²) < 4.78 is 6.07. The quantitative estimate of drug-likeness (QED) is 0.389. The lowest BCUT2D eigenvalue weighted by atomic mass is 10.1. The Kier molecular flexibility index (Phi) is 5.77. The molecular weight excluding hydrogens is 430 g/mol. The lowest BCUT2D eigenvalue weighted by molar-refractivity contribution is 0.0950. The van der Waals surface area contributed by atoms with Crippen molar-refractivity contribution in [2.24, 2.45) is 0 Å². The second-order valence-corrected chi connectivity index (χ2v) is 8.51. The van der Waals surface area contributed by atoms with Gasteiger partial charge in [-0.25, -0.2) is 9.97 Å². The Morgan fingerprint density at radius 3 is 2.76 bits per heavy atom. The fraction of sp³-hybridized carbons (Fsp3) is 0.240. The van der Waals surface area contributed by atoms with E-state index in [2.05, 4.69) is 31.7 Å². The lowest BCUT2D eigenvalue weighted by Crippen LogP contribution is -2.31. The SMILES string of the molecule is CN(C)CCNC(=O)c1cnc(-c2oc3cnccc3c2Nc2ccc3c(c2)CCC3=N)nc1. The molecule has 3 N–H and O–H groups in total. The summed E-state index contributed by atoms with van der Waals surface area (Å²) in [6, 6.07) is 7.89. The van der Waals surface area contributed by atoms with Gasteiger partial charge in [-0.3, -0.25) is 9.78 Å². The zero-order chi connectivity index (χ0) is 23.7. The van der Waals surface area contributed by atoms with Gasteiger partial charge in [0, 0.05) is 48.5 Å². The molecule has 3 aromatic heterocycles. The van der Waals surface area contributed by atoms with Crippen LogP contribution in [0.5, 0.6) is 0 Å². The van der Waals surface area contributed by atoms with Crippen molar-refractivity contribution < 1.29 is 9.21 Å². The predicted molar refractivity (Wildman–Crippen MR) is 131 cm³/mol. The number of likely N-dealkylation sites (N-methyl/N-ethyl adjacent to an activating group) is 1. The Morgan fingerprint density at radius 2 is 1.97 bits per heavy atom. The molecule has 0 fully saturated rings. The van der Waals surface area contributed by atoms with Crippen molar-refractivity contribution in [3.8, 4) is 11.6 Å². The van der Waals surface area contributed by atoms with Gasteiger partial charge in [0.1, 0.15) is 0 Å². The number of hydrogen-bond donors (Lipinski definition) is 3. The second kappa shape index (κ2) is 9.03. The van der Waals surface area contributed by atoms with Gasteiger partial charge in [-0.1, -0.05) is 6.07 Å². The highest BCUT2D eigenvalue weighted by Crippen LogP contribution is 2.38. The Hall–Kier alpha value is -4.11. The van der Waals surface area contributed by atoms with Crippen LogP contribution in [0.25, 0.3) is 22.6 Å². The van der Waals surface area contributed by atoms with Crippen LogP contribution in [0.4, 0.5) is 11.4 Å². The van der Waals surface area contributed by atoms with E-state index in [1.165, 1.54) is 12.4 Å². The summed E-state index contributed by atoms with van der Waals surface area (Å²) in [7, 11) is 3.90. The number of fused-ring (bicyclic) bond motifs is 2.